The average molecular weight is 319 g/mol. The number of likely N-dealkylation sites (tertiary alicyclic amines) is 1. The first kappa shape index (κ1) is 15.9. The first-order valence-corrected chi connectivity index (χ1v) is 8.28. The lowest BCUT2D eigenvalue weighted by molar-refractivity contribution is 0.183. The molecular weight excluding hydrogens is 294 g/mol. The first-order chi connectivity index (χ1) is 11.2. The lowest BCUT2D eigenvalue weighted by Gasteiger charge is -2.38. The highest BCUT2D eigenvalue weighted by Crippen LogP contribution is 2.26. The highest BCUT2D eigenvalue weighted by atomic mass is 16.5. The van der Waals surface area contributed by atoms with Gasteiger partial charge in [-0.1, -0.05) is 0 Å². The van der Waals surface area contributed by atoms with Crippen LogP contribution in [0.2, 0.25) is 0 Å². The minimum Gasteiger partial charge on any atom is -0.497 e. The third kappa shape index (κ3) is 3.88. The van der Waals surface area contributed by atoms with Crippen LogP contribution in [0.3, 0.4) is 0 Å². The summed E-state index contributed by atoms with van der Waals surface area (Å²) in [6.45, 7) is 3.94. The van der Waals surface area contributed by atoms with Crippen LogP contribution in [0.25, 0.3) is 0 Å². The van der Waals surface area contributed by atoms with E-state index in [1.165, 1.54) is 5.69 Å². The van der Waals surface area contributed by atoms with Crippen LogP contribution in [0.15, 0.2) is 24.3 Å². The largest absolute Gasteiger partial charge is 0.497 e. The molecular formula is C17H25N3O3. The van der Waals surface area contributed by atoms with Crippen LogP contribution in [0, 0.1) is 0 Å². The van der Waals surface area contributed by atoms with Gasteiger partial charge in [-0.3, -0.25) is 4.90 Å². The maximum atomic E-state index is 10.7. The molecule has 1 aromatic rings. The summed E-state index contributed by atoms with van der Waals surface area (Å²) < 4.78 is 5.21. The summed E-state index contributed by atoms with van der Waals surface area (Å²) in [7, 11) is 1.68. The van der Waals surface area contributed by atoms with Crippen molar-refractivity contribution in [2.75, 3.05) is 38.2 Å². The second-order valence-electron chi connectivity index (χ2n) is 6.35. The van der Waals surface area contributed by atoms with Gasteiger partial charge in [-0.25, -0.2) is 4.79 Å². The zero-order chi connectivity index (χ0) is 16.2. The smallest absolute Gasteiger partial charge is 0.404 e. The van der Waals surface area contributed by atoms with Gasteiger partial charge in [0.15, 0.2) is 0 Å². The Hall–Kier alpha value is -1.95. The molecule has 3 rings (SSSR count). The molecule has 0 spiro atoms. The Bertz CT molecular complexity index is 526. The van der Waals surface area contributed by atoms with Crippen LogP contribution in [0.4, 0.5) is 10.5 Å². The number of nitrogens with one attached hydrogen (secondary N) is 1. The fourth-order valence-corrected chi connectivity index (χ4v) is 3.69. The van der Waals surface area contributed by atoms with Gasteiger partial charge in [-0.15, -0.1) is 0 Å². The van der Waals surface area contributed by atoms with E-state index in [0.29, 0.717) is 6.04 Å². The zero-order valence-electron chi connectivity index (χ0n) is 13.6. The van der Waals surface area contributed by atoms with Gasteiger partial charge in [0.1, 0.15) is 5.75 Å². The van der Waals surface area contributed by atoms with Gasteiger partial charge in [-0.05, 0) is 43.5 Å². The summed E-state index contributed by atoms with van der Waals surface area (Å²) in [5.74, 6) is 0.887. The summed E-state index contributed by atoms with van der Waals surface area (Å²) in [4.78, 5) is 15.6. The number of piperidine rings is 1. The van der Waals surface area contributed by atoms with Crippen molar-refractivity contribution in [1.29, 1.82) is 0 Å². The van der Waals surface area contributed by atoms with Gasteiger partial charge in [0, 0.05) is 44.0 Å². The zero-order valence-corrected chi connectivity index (χ0v) is 13.6. The number of rotatable bonds is 4. The molecule has 1 unspecified atom stereocenters. The van der Waals surface area contributed by atoms with E-state index in [1.807, 2.05) is 12.1 Å². The van der Waals surface area contributed by atoms with Crippen LogP contribution in [-0.4, -0.2) is 61.5 Å². The highest BCUT2D eigenvalue weighted by molar-refractivity contribution is 5.64. The van der Waals surface area contributed by atoms with Crippen LogP contribution < -0.4 is 15.0 Å². The van der Waals surface area contributed by atoms with Crippen LogP contribution in [0.1, 0.15) is 19.3 Å². The number of carboxylic acid groups (broad SMARTS) is 1. The molecule has 126 valence electrons. The van der Waals surface area contributed by atoms with E-state index in [0.717, 1.165) is 51.2 Å². The van der Waals surface area contributed by atoms with Crippen molar-refractivity contribution in [2.45, 2.75) is 31.3 Å². The molecule has 0 aromatic heterocycles. The fraction of sp³-hybridized carbons (Fsp3) is 0.588. The number of anilines is 1. The van der Waals surface area contributed by atoms with E-state index in [9.17, 15) is 4.79 Å². The van der Waals surface area contributed by atoms with Crippen molar-refractivity contribution < 1.29 is 14.6 Å². The van der Waals surface area contributed by atoms with Crippen molar-refractivity contribution in [3.8, 4) is 5.75 Å². The number of nitrogens with zero attached hydrogens (tertiary/aromatic N) is 2. The Kier molecular flexibility index (Phi) is 4.91. The molecule has 23 heavy (non-hydrogen) atoms. The summed E-state index contributed by atoms with van der Waals surface area (Å²) in [5.41, 5.74) is 1.25. The molecule has 1 amide bonds. The van der Waals surface area contributed by atoms with Crippen molar-refractivity contribution in [2.24, 2.45) is 0 Å². The summed E-state index contributed by atoms with van der Waals surface area (Å²) in [6.07, 6.45) is 2.27. The number of hydrogen-bond donors (Lipinski definition) is 2. The van der Waals surface area contributed by atoms with E-state index < -0.39 is 6.09 Å². The third-order valence-corrected chi connectivity index (χ3v) is 4.97. The fourth-order valence-electron chi connectivity index (χ4n) is 3.69. The Balaban J connectivity index is 1.49. The Morgan fingerprint density at radius 2 is 1.87 bits per heavy atom. The number of amides is 1. The van der Waals surface area contributed by atoms with Gasteiger partial charge < -0.3 is 20.1 Å². The van der Waals surface area contributed by atoms with Crippen molar-refractivity contribution in [3.05, 3.63) is 24.3 Å². The van der Waals surface area contributed by atoms with Gasteiger partial charge in [-0.2, -0.15) is 0 Å². The second kappa shape index (κ2) is 7.08. The summed E-state index contributed by atoms with van der Waals surface area (Å²) >= 11 is 0. The molecule has 1 aromatic carbocycles. The van der Waals surface area contributed by atoms with Crippen LogP contribution in [-0.2, 0) is 0 Å². The Morgan fingerprint density at radius 1 is 1.17 bits per heavy atom. The maximum absolute atomic E-state index is 10.7. The SMILES string of the molecule is COc1ccc(N2CCC(N3CCC(NC(=O)O)C3)CC2)cc1. The maximum Gasteiger partial charge on any atom is 0.404 e. The van der Waals surface area contributed by atoms with E-state index >= 15 is 0 Å². The molecule has 2 aliphatic rings. The number of ether oxygens (including phenoxy) is 1. The molecule has 2 N–H and O–H groups in total. The normalized spacial score (nSPS) is 23.0. The standard InChI is InChI=1S/C17H25N3O3/c1-23-16-4-2-14(3-5-16)19-10-7-15(8-11-19)20-9-6-13(12-20)18-17(21)22/h2-5,13,15,18H,6-12H2,1H3,(H,21,22). The van der Waals surface area contributed by atoms with Gasteiger partial charge in [0.2, 0.25) is 0 Å². The minimum absolute atomic E-state index is 0.0899. The monoisotopic (exact) mass is 319 g/mol. The van der Waals surface area contributed by atoms with Crippen molar-refractivity contribution >= 4 is 11.8 Å². The van der Waals surface area contributed by atoms with Gasteiger partial charge >= 0.3 is 6.09 Å². The molecule has 6 nitrogen and oxygen atoms in total. The van der Waals surface area contributed by atoms with Crippen molar-refractivity contribution in [3.63, 3.8) is 0 Å². The number of carbonyl (C=O) groups is 1. The number of benzene rings is 1. The van der Waals surface area contributed by atoms with Gasteiger partial charge in [0.25, 0.3) is 0 Å². The topological polar surface area (TPSA) is 65.0 Å². The molecule has 2 aliphatic heterocycles. The third-order valence-electron chi connectivity index (χ3n) is 4.97. The molecule has 1 atom stereocenters. The first-order valence-electron chi connectivity index (χ1n) is 8.28. The highest BCUT2D eigenvalue weighted by Gasteiger charge is 2.31. The second-order valence-corrected chi connectivity index (χ2v) is 6.35. The average Bonchev–Trinajstić information content (AvgIpc) is 3.03. The van der Waals surface area contributed by atoms with Crippen LogP contribution in [0.5, 0.6) is 5.75 Å². The molecule has 0 aliphatic carbocycles. The van der Waals surface area contributed by atoms with E-state index in [2.05, 4.69) is 27.2 Å². The summed E-state index contributed by atoms with van der Waals surface area (Å²) in [6, 6.07) is 8.90. The Morgan fingerprint density at radius 3 is 2.48 bits per heavy atom. The molecule has 0 saturated carbocycles. The molecule has 6 heteroatoms. The number of methoxy groups -OCH3 is 1. The minimum atomic E-state index is -0.911. The van der Waals surface area contributed by atoms with Crippen molar-refractivity contribution in [1.82, 2.24) is 10.2 Å². The molecule has 0 bridgehead atoms. The molecule has 2 saturated heterocycles. The van der Waals surface area contributed by atoms with Gasteiger partial charge in [0.05, 0.1) is 7.11 Å². The van der Waals surface area contributed by atoms with E-state index in [-0.39, 0.29) is 6.04 Å². The molecule has 2 fully saturated rings. The number of hydrogen-bond acceptors (Lipinski definition) is 4. The predicted octanol–water partition coefficient (Wildman–Crippen LogP) is 2.01. The quantitative estimate of drug-likeness (QED) is 0.889. The molecule has 2 heterocycles. The van der Waals surface area contributed by atoms with E-state index in [4.69, 9.17) is 9.84 Å². The van der Waals surface area contributed by atoms with Crippen LogP contribution >= 0.6 is 0 Å². The predicted molar refractivity (Wildman–Crippen MR) is 89.4 cm³/mol. The lowest BCUT2D eigenvalue weighted by Crippen LogP contribution is -2.45. The summed E-state index contributed by atoms with van der Waals surface area (Å²) in [5, 5.41) is 11.4. The molecule has 0 radical (unpaired) electrons. The van der Waals surface area contributed by atoms with E-state index in [1.54, 1.807) is 7.11 Å². The lowest BCUT2D eigenvalue weighted by atomic mass is 10.0. The Labute approximate surface area is 137 Å².